The van der Waals surface area contributed by atoms with Gasteiger partial charge in [-0.05, 0) is 12.3 Å². The van der Waals surface area contributed by atoms with E-state index in [0.717, 1.165) is 0 Å². The number of carboxylic acids is 1. The van der Waals surface area contributed by atoms with E-state index < -0.39 is 18.0 Å². The van der Waals surface area contributed by atoms with Crippen molar-refractivity contribution < 1.29 is 19.4 Å². The Hall–Kier alpha value is -1.81. The van der Waals surface area contributed by atoms with Gasteiger partial charge in [-0.1, -0.05) is 13.8 Å². The molecule has 0 aliphatic rings. The van der Waals surface area contributed by atoms with Crippen LogP contribution in [0.1, 0.15) is 26.7 Å². The minimum absolute atomic E-state index is 0.155. The normalized spacial score (nSPS) is 11.8. The summed E-state index contributed by atoms with van der Waals surface area (Å²) in [7, 11) is 1.51. The second-order valence-electron chi connectivity index (χ2n) is 4.86. The topological polar surface area (TPSA) is 103 Å². The van der Waals surface area contributed by atoms with Crippen LogP contribution in [-0.4, -0.2) is 54.9 Å². The van der Waals surface area contributed by atoms with Crippen molar-refractivity contribution in [2.45, 2.75) is 32.7 Å². The molecule has 0 bridgehead atoms. The molecule has 20 heavy (non-hydrogen) atoms. The van der Waals surface area contributed by atoms with Crippen molar-refractivity contribution in [3.8, 4) is 6.07 Å². The lowest BCUT2D eigenvalue weighted by atomic mass is 10.0. The highest BCUT2D eigenvalue weighted by Crippen LogP contribution is 2.06. The summed E-state index contributed by atoms with van der Waals surface area (Å²) in [5.74, 6) is -0.901. The minimum atomic E-state index is -1.06. The van der Waals surface area contributed by atoms with Crippen LogP contribution in [0.4, 0.5) is 4.79 Å². The summed E-state index contributed by atoms with van der Waals surface area (Å²) in [5, 5.41) is 20.2. The minimum Gasteiger partial charge on any atom is -0.480 e. The van der Waals surface area contributed by atoms with E-state index in [-0.39, 0.29) is 18.9 Å². The van der Waals surface area contributed by atoms with Gasteiger partial charge in [0.25, 0.3) is 0 Å². The molecule has 0 aromatic rings. The second kappa shape index (κ2) is 10.0. The largest absolute Gasteiger partial charge is 0.480 e. The Kier molecular flexibility index (Phi) is 9.13. The number of methoxy groups -OCH3 is 1. The van der Waals surface area contributed by atoms with Crippen LogP contribution < -0.4 is 5.32 Å². The fourth-order valence-corrected chi connectivity index (χ4v) is 1.63. The van der Waals surface area contributed by atoms with Crippen LogP contribution in [0.15, 0.2) is 0 Å². The number of nitrogens with zero attached hydrogens (tertiary/aromatic N) is 2. The number of hydrogen-bond acceptors (Lipinski definition) is 4. The number of carboxylic acid groups (broad SMARTS) is 1. The van der Waals surface area contributed by atoms with Crippen LogP contribution in [-0.2, 0) is 9.53 Å². The third kappa shape index (κ3) is 7.59. The van der Waals surface area contributed by atoms with Crippen molar-refractivity contribution in [1.82, 2.24) is 10.2 Å². The smallest absolute Gasteiger partial charge is 0.326 e. The summed E-state index contributed by atoms with van der Waals surface area (Å²) in [5.41, 5.74) is 0. The fourth-order valence-electron chi connectivity index (χ4n) is 1.63. The maximum Gasteiger partial charge on any atom is 0.326 e. The van der Waals surface area contributed by atoms with E-state index >= 15 is 0 Å². The molecule has 0 spiro atoms. The molecule has 114 valence electrons. The van der Waals surface area contributed by atoms with E-state index in [4.69, 9.17) is 15.1 Å². The average Bonchev–Trinajstić information content (AvgIpc) is 2.37. The number of hydrogen-bond donors (Lipinski definition) is 2. The number of aliphatic carboxylic acids is 1. The number of nitriles is 1. The SMILES string of the molecule is COCCN(CCC#N)C(=O)N[C@@H](CC(C)C)C(=O)O. The molecule has 2 N–H and O–H groups in total. The molecule has 0 saturated carbocycles. The second-order valence-corrected chi connectivity index (χ2v) is 4.86. The molecular formula is C13H23N3O4. The van der Waals surface area contributed by atoms with Crippen LogP contribution in [0.3, 0.4) is 0 Å². The summed E-state index contributed by atoms with van der Waals surface area (Å²) in [6.45, 7) is 4.68. The molecule has 0 saturated heterocycles. The van der Waals surface area contributed by atoms with Gasteiger partial charge in [0.2, 0.25) is 0 Å². The quantitative estimate of drug-likeness (QED) is 0.659. The van der Waals surface area contributed by atoms with Gasteiger partial charge in [-0.15, -0.1) is 0 Å². The Morgan fingerprint density at radius 1 is 1.40 bits per heavy atom. The fraction of sp³-hybridized carbons (Fsp3) is 0.769. The van der Waals surface area contributed by atoms with E-state index in [0.29, 0.717) is 19.6 Å². The predicted octanol–water partition coefficient (Wildman–Crippen LogP) is 1.06. The van der Waals surface area contributed by atoms with E-state index in [1.807, 2.05) is 19.9 Å². The molecule has 0 aromatic heterocycles. The zero-order valence-electron chi connectivity index (χ0n) is 12.3. The van der Waals surface area contributed by atoms with E-state index in [1.54, 1.807) is 0 Å². The molecule has 1 atom stereocenters. The first kappa shape index (κ1) is 18.2. The van der Waals surface area contributed by atoms with Gasteiger partial charge in [-0.3, -0.25) is 0 Å². The highest BCUT2D eigenvalue weighted by Gasteiger charge is 2.23. The highest BCUT2D eigenvalue weighted by molar-refractivity contribution is 5.82. The number of rotatable bonds is 9. The number of amides is 2. The monoisotopic (exact) mass is 285 g/mol. The van der Waals surface area contributed by atoms with Gasteiger partial charge >= 0.3 is 12.0 Å². The lowest BCUT2D eigenvalue weighted by Crippen LogP contribution is -2.49. The molecule has 0 aromatic carbocycles. The molecule has 7 nitrogen and oxygen atoms in total. The molecule has 0 rings (SSSR count). The summed E-state index contributed by atoms with van der Waals surface area (Å²) in [4.78, 5) is 24.5. The molecule has 0 aliphatic heterocycles. The van der Waals surface area contributed by atoms with Gasteiger partial charge in [0.15, 0.2) is 0 Å². The lowest BCUT2D eigenvalue weighted by Gasteiger charge is -2.24. The van der Waals surface area contributed by atoms with Gasteiger partial charge in [-0.2, -0.15) is 5.26 Å². The molecule has 0 fully saturated rings. The van der Waals surface area contributed by atoms with Crippen LogP contribution in [0.5, 0.6) is 0 Å². The van der Waals surface area contributed by atoms with E-state index in [2.05, 4.69) is 5.32 Å². The molecule has 2 amide bonds. The van der Waals surface area contributed by atoms with E-state index in [9.17, 15) is 9.59 Å². The van der Waals surface area contributed by atoms with Crippen molar-refractivity contribution in [2.24, 2.45) is 5.92 Å². The van der Waals surface area contributed by atoms with Gasteiger partial charge in [0, 0.05) is 20.2 Å². The van der Waals surface area contributed by atoms with Crippen molar-refractivity contribution in [3.63, 3.8) is 0 Å². The summed E-state index contributed by atoms with van der Waals surface area (Å²) >= 11 is 0. The highest BCUT2D eigenvalue weighted by atomic mass is 16.5. The lowest BCUT2D eigenvalue weighted by molar-refractivity contribution is -0.139. The third-order valence-corrected chi connectivity index (χ3v) is 2.65. The first-order valence-corrected chi connectivity index (χ1v) is 6.56. The maximum absolute atomic E-state index is 12.0. The van der Waals surface area contributed by atoms with Gasteiger partial charge < -0.3 is 20.1 Å². The van der Waals surface area contributed by atoms with Crippen molar-refractivity contribution >= 4 is 12.0 Å². The van der Waals surface area contributed by atoms with Gasteiger partial charge in [0.05, 0.1) is 19.1 Å². The zero-order valence-corrected chi connectivity index (χ0v) is 12.3. The Bertz CT molecular complexity index is 352. The number of urea groups is 1. The Balaban J connectivity index is 4.60. The van der Waals surface area contributed by atoms with Crippen molar-refractivity contribution in [2.75, 3.05) is 26.8 Å². The van der Waals surface area contributed by atoms with Crippen LogP contribution in [0.25, 0.3) is 0 Å². The molecule has 0 aliphatic carbocycles. The number of carbonyl (C=O) groups is 2. The Morgan fingerprint density at radius 2 is 2.05 bits per heavy atom. The van der Waals surface area contributed by atoms with Crippen LogP contribution in [0.2, 0.25) is 0 Å². The first-order valence-electron chi connectivity index (χ1n) is 6.56. The average molecular weight is 285 g/mol. The van der Waals surface area contributed by atoms with Crippen molar-refractivity contribution in [1.29, 1.82) is 5.26 Å². The van der Waals surface area contributed by atoms with Crippen molar-refractivity contribution in [3.05, 3.63) is 0 Å². The number of carbonyl (C=O) groups excluding carboxylic acids is 1. The standard InChI is InChI=1S/C13H23N3O4/c1-10(2)9-11(12(17)18)15-13(19)16(6-4-5-14)7-8-20-3/h10-11H,4,6-9H2,1-3H3,(H,15,19)(H,17,18)/t11-/m0/s1. The molecule has 0 heterocycles. The third-order valence-electron chi connectivity index (χ3n) is 2.65. The summed E-state index contributed by atoms with van der Waals surface area (Å²) in [6, 6.07) is 0.556. The van der Waals surface area contributed by atoms with Gasteiger partial charge in [-0.25, -0.2) is 9.59 Å². The number of nitrogens with one attached hydrogen (secondary N) is 1. The van der Waals surface area contributed by atoms with Crippen LogP contribution >= 0.6 is 0 Å². The van der Waals surface area contributed by atoms with E-state index in [1.165, 1.54) is 12.0 Å². The summed E-state index contributed by atoms with van der Waals surface area (Å²) < 4.78 is 4.90. The molecule has 0 radical (unpaired) electrons. The Morgan fingerprint density at radius 3 is 2.50 bits per heavy atom. The predicted molar refractivity (Wildman–Crippen MR) is 73.1 cm³/mol. The maximum atomic E-state index is 12.0. The first-order chi connectivity index (χ1) is 9.42. The summed E-state index contributed by atoms with van der Waals surface area (Å²) in [6.07, 6.45) is 0.552. The number of ether oxygens (including phenoxy) is 1. The molecule has 7 heteroatoms. The zero-order chi connectivity index (χ0) is 15.5. The Labute approximate surface area is 119 Å². The van der Waals surface area contributed by atoms with Gasteiger partial charge in [0.1, 0.15) is 6.04 Å². The van der Waals surface area contributed by atoms with Crippen LogP contribution in [0, 0.1) is 17.2 Å². The molecular weight excluding hydrogens is 262 g/mol. The molecule has 0 unspecified atom stereocenters.